The molecule has 1 aliphatic rings. The van der Waals surface area contributed by atoms with Gasteiger partial charge in [0.25, 0.3) is 0 Å². The topological polar surface area (TPSA) is 84.7 Å². The van der Waals surface area contributed by atoms with Gasteiger partial charge in [-0.2, -0.15) is 0 Å². The second-order valence-electron chi connectivity index (χ2n) is 4.18. The molecule has 1 fully saturated rings. The molecule has 1 saturated heterocycles. The molecule has 0 bridgehead atoms. The van der Waals surface area contributed by atoms with Crippen LogP contribution in [0.5, 0.6) is 0 Å². The van der Waals surface area contributed by atoms with Crippen molar-refractivity contribution < 1.29 is 14.3 Å². The van der Waals surface area contributed by atoms with Crippen LogP contribution in [0.1, 0.15) is 20.3 Å². The lowest BCUT2D eigenvalue weighted by atomic mass is 10.2. The molecule has 6 heteroatoms. The molecule has 0 aromatic rings. The van der Waals surface area contributed by atoms with E-state index in [9.17, 15) is 9.59 Å². The summed E-state index contributed by atoms with van der Waals surface area (Å²) in [6, 6.07) is -1.08. The van der Waals surface area contributed by atoms with E-state index in [0.29, 0.717) is 32.7 Å². The lowest BCUT2D eigenvalue weighted by Crippen LogP contribution is -2.53. The van der Waals surface area contributed by atoms with Crippen LogP contribution in [0.2, 0.25) is 0 Å². The normalized spacial score (nSPS) is 19.6. The molecule has 0 aromatic heterocycles. The monoisotopic (exact) mass is 243 g/mol. The maximum absolute atomic E-state index is 12.0. The van der Waals surface area contributed by atoms with Crippen molar-refractivity contribution in [1.82, 2.24) is 10.2 Å². The quantitative estimate of drug-likeness (QED) is 0.669. The third-order valence-corrected chi connectivity index (χ3v) is 2.83. The lowest BCUT2D eigenvalue weighted by molar-refractivity contribution is -0.139. The van der Waals surface area contributed by atoms with Gasteiger partial charge in [-0.3, -0.25) is 9.59 Å². The number of rotatable bonds is 4. The van der Waals surface area contributed by atoms with Crippen LogP contribution in [0.15, 0.2) is 0 Å². The number of amides is 2. The predicted molar refractivity (Wildman–Crippen MR) is 63.3 cm³/mol. The first kappa shape index (κ1) is 13.9. The average molecular weight is 243 g/mol. The summed E-state index contributed by atoms with van der Waals surface area (Å²) in [5.41, 5.74) is 5.59. The summed E-state index contributed by atoms with van der Waals surface area (Å²) in [6.45, 7) is 5.79. The number of morpholine rings is 1. The molecule has 2 atom stereocenters. The zero-order chi connectivity index (χ0) is 12.8. The molecule has 17 heavy (non-hydrogen) atoms. The Labute approximate surface area is 101 Å². The molecule has 1 heterocycles. The van der Waals surface area contributed by atoms with E-state index >= 15 is 0 Å². The zero-order valence-electron chi connectivity index (χ0n) is 10.4. The number of hydrogen-bond acceptors (Lipinski definition) is 4. The van der Waals surface area contributed by atoms with Gasteiger partial charge >= 0.3 is 0 Å². The van der Waals surface area contributed by atoms with E-state index in [2.05, 4.69) is 5.32 Å². The molecule has 2 amide bonds. The third kappa shape index (κ3) is 3.98. The highest BCUT2D eigenvalue weighted by Gasteiger charge is 2.24. The molecule has 0 radical (unpaired) electrons. The SMILES string of the molecule is CC[C@H](N)C(=O)NC(C)C(=O)N1CCOCC1. The standard InChI is InChI=1S/C11H21N3O3/c1-3-9(12)10(15)13-8(2)11(16)14-4-6-17-7-5-14/h8-9H,3-7,12H2,1-2H3,(H,13,15)/t8?,9-/m0/s1. The van der Waals surface area contributed by atoms with Gasteiger partial charge in [-0.25, -0.2) is 0 Å². The van der Waals surface area contributed by atoms with Crippen LogP contribution in [0, 0.1) is 0 Å². The van der Waals surface area contributed by atoms with Crippen LogP contribution in [0.3, 0.4) is 0 Å². The largest absolute Gasteiger partial charge is 0.378 e. The van der Waals surface area contributed by atoms with Crippen molar-refractivity contribution >= 4 is 11.8 Å². The van der Waals surface area contributed by atoms with Crippen molar-refractivity contribution in [3.63, 3.8) is 0 Å². The third-order valence-electron chi connectivity index (χ3n) is 2.83. The van der Waals surface area contributed by atoms with Gasteiger partial charge in [0.1, 0.15) is 6.04 Å². The van der Waals surface area contributed by atoms with Gasteiger partial charge in [0.15, 0.2) is 0 Å². The van der Waals surface area contributed by atoms with Gasteiger partial charge in [-0.15, -0.1) is 0 Å². The molecule has 0 saturated carbocycles. The molecule has 1 aliphatic heterocycles. The summed E-state index contributed by atoms with van der Waals surface area (Å²) in [7, 11) is 0. The molecule has 6 nitrogen and oxygen atoms in total. The van der Waals surface area contributed by atoms with E-state index in [1.165, 1.54) is 0 Å². The van der Waals surface area contributed by atoms with E-state index in [-0.39, 0.29) is 11.8 Å². The van der Waals surface area contributed by atoms with Gasteiger partial charge in [-0.05, 0) is 13.3 Å². The highest BCUT2D eigenvalue weighted by Crippen LogP contribution is 2.01. The highest BCUT2D eigenvalue weighted by atomic mass is 16.5. The first-order valence-electron chi connectivity index (χ1n) is 5.98. The number of hydrogen-bond donors (Lipinski definition) is 2. The number of nitrogens with one attached hydrogen (secondary N) is 1. The van der Waals surface area contributed by atoms with Crippen molar-refractivity contribution in [2.45, 2.75) is 32.4 Å². The van der Waals surface area contributed by atoms with E-state index in [1.54, 1.807) is 11.8 Å². The minimum Gasteiger partial charge on any atom is -0.378 e. The maximum atomic E-state index is 12.0. The van der Waals surface area contributed by atoms with Crippen molar-refractivity contribution in [3.05, 3.63) is 0 Å². The van der Waals surface area contributed by atoms with Gasteiger partial charge in [-0.1, -0.05) is 6.92 Å². The van der Waals surface area contributed by atoms with Gasteiger partial charge in [0.05, 0.1) is 19.3 Å². The molecule has 0 spiro atoms. The summed E-state index contributed by atoms with van der Waals surface area (Å²) in [5.74, 6) is -0.355. The Bertz CT molecular complexity index is 277. The predicted octanol–water partition coefficient (Wildman–Crippen LogP) is -0.913. The van der Waals surface area contributed by atoms with Crippen molar-refractivity contribution in [1.29, 1.82) is 0 Å². The van der Waals surface area contributed by atoms with Gasteiger partial charge < -0.3 is 20.7 Å². The Morgan fingerprint density at radius 2 is 2.00 bits per heavy atom. The second-order valence-corrected chi connectivity index (χ2v) is 4.18. The Hall–Kier alpha value is -1.14. The Morgan fingerprint density at radius 3 is 2.53 bits per heavy atom. The maximum Gasteiger partial charge on any atom is 0.245 e. The van der Waals surface area contributed by atoms with E-state index < -0.39 is 12.1 Å². The highest BCUT2D eigenvalue weighted by molar-refractivity contribution is 5.89. The molecule has 0 aliphatic carbocycles. The molecular weight excluding hydrogens is 222 g/mol. The molecule has 98 valence electrons. The fraction of sp³-hybridized carbons (Fsp3) is 0.818. The summed E-state index contributed by atoms with van der Waals surface area (Å²) >= 11 is 0. The van der Waals surface area contributed by atoms with E-state index in [1.807, 2.05) is 6.92 Å². The van der Waals surface area contributed by atoms with Crippen molar-refractivity contribution in [2.75, 3.05) is 26.3 Å². The van der Waals surface area contributed by atoms with Crippen LogP contribution in [-0.4, -0.2) is 55.1 Å². The minimum atomic E-state index is -0.546. The first-order valence-corrected chi connectivity index (χ1v) is 5.98. The van der Waals surface area contributed by atoms with E-state index in [4.69, 9.17) is 10.5 Å². The number of nitrogens with two attached hydrogens (primary N) is 1. The van der Waals surface area contributed by atoms with E-state index in [0.717, 1.165) is 0 Å². The number of nitrogens with zero attached hydrogens (tertiary/aromatic N) is 1. The zero-order valence-corrected chi connectivity index (χ0v) is 10.4. The first-order chi connectivity index (χ1) is 8.06. The van der Waals surface area contributed by atoms with Crippen LogP contribution >= 0.6 is 0 Å². The summed E-state index contributed by atoms with van der Waals surface area (Å²) in [5, 5.41) is 2.63. The molecular formula is C11H21N3O3. The summed E-state index contributed by atoms with van der Waals surface area (Å²) in [6.07, 6.45) is 0.560. The number of carbonyl (C=O) groups excluding carboxylic acids is 2. The van der Waals surface area contributed by atoms with Crippen LogP contribution < -0.4 is 11.1 Å². The Kier molecular flexibility index (Phi) is 5.37. The second kappa shape index (κ2) is 6.56. The Morgan fingerprint density at radius 1 is 1.41 bits per heavy atom. The molecule has 1 rings (SSSR count). The minimum absolute atomic E-state index is 0.0787. The number of carbonyl (C=O) groups is 2. The van der Waals surface area contributed by atoms with Crippen LogP contribution in [-0.2, 0) is 14.3 Å². The average Bonchev–Trinajstić information content (AvgIpc) is 2.37. The fourth-order valence-corrected chi connectivity index (χ4v) is 1.63. The van der Waals surface area contributed by atoms with Crippen LogP contribution in [0.4, 0.5) is 0 Å². The van der Waals surface area contributed by atoms with Crippen molar-refractivity contribution in [2.24, 2.45) is 5.73 Å². The summed E-state index contributed by atoms with van der Waals surface area (Å²) < 4.78 is 5.17. The van der Waals surface area contributed by atoms with Gasteiger partial charge in [0, 0.05) is 13.1 Å². The lowest BCUT2D eigenvalue weighted by Gasteiger charge is -2.29. The molecule has 3 N–H and O–H groups in total. The fourth-order valence-electron chi connectivity index (χ4n) is 1.63. The van der Waals surface area contributed by atoms with Gasteiger partial charge in [0.2, 0.25) is 11.8 Å². The summed E-state index contributed by atoms with van der Waals surface area (Å²) in [4.78, 5) is 25.2. The van der Waals surface area contributed by atoms with Crippen molar-refractivity contribution in [3.8, 4) is 0 Å². The Balaban J connectivity index is 2.43. The van der Waals surface area contributed by atoms with Crippen LogP contribution in [0.25, 0.3) is 0 Å². The smallest absolute Gasteiger partial charge is 0.245 e. The molecule has 0 aromatic carbocycles. The molecule has 1 unspecified atom stereocenters. The number of ether oxygens (including phenoxy) is 1.